The number of aryl methyl sites for hydroxylation is 2. The third-order valence-electron chi connectivity index (χ3n) is 5.95. The molecule has 4 rings (SSSR count). The zero-order valence-electron chi connectivity index (χ0n) is 19.3. The van der Waals surface area contributed by atoms with E-state index < -0.39 is 5.91 Å². The smallest absolute Gasteiger partial charge is 0.266 e. The van der Waals surface area contributed by atoms with E-state index in [2.05, 4.69) is 15.6 Å². The molecule has 0 aliphatic heterocycles. The normalized spacial score (nSPS) is 10.8. The first-order chi connectivity index (χ1) is 16.2. The molecule has 3 aromatic carbocycles. The van der Waals surface area contributed by atoms with E-state index in [-0.39, 0.29) is 16.2 Å². The van der Waals surface area contributed by atoms with Gasteiger partial charge in [-0.2, -0.15) is 0 Å². The summed E-state index contributed by atoms with van der Waals surface area (Å²) in [4.78, 5) is 41.7. The maximum atomic E-state index is 13.3. The van der Waals surface area contributed by atoms with Gasteiger partial charge in [-0.25, -0.2) is 0 Å². The van der Waals surface area contributed by atoms with Crippen LogP contribution in [-0.4, -0.2) is 28.4 Å². The number of rotatable bonds is 4. The van der Waals surface area contributed by atoms with Crippen LogP contribution >= 0.6 is 12.2 Å². The number of aromatic amines is 1. The molecular weight excluding hydrogens is 448 g/mol. The van der Waals surface area contributed by atoms with Crippen molar-refractivity contribution in [2.24, 2.45) is 0 Å². The van der Waals surface area contributed by atoms with Crippen LogP contribution in [0.3, 0.4) is 0 Å². The third-order valence-corrected chi connectivity index (χ3v) is 6.24. The van der Waals surface area contributed by atoms with Crippen molar-refractivity contribution in [3.8, 4) is 5.69 Å². The van der Waals surface area contributed by atoms with Gasteiger partial charge in [-0.1, -0.05) is 24.3 Å². The van der Waals surface area contributed by atoms with Crippen molar-refractivity contribution in [3.63, 3.8) is 0 Å². The maximum absolute atomic E-state index is 13.3. The Morgan fingerprint density at radius 1 is 0.941 bits per heavy atom. The van der Waals surface area contributed by atoms with E-state index in [0.29, 0.717) is 27.7 Å². The Kier molecular flexibility index (Phi) is 6.17. The molecule has 0 fully saturated rings. The van der Waals surface area contributed by atoms with Gasteiger partial charge >= 0.3 is 0 Å². The number of amides is 2. The summed E-state index contributed by atoms with van der Waals surface area (Å²) >= 11 is 5.50. The second-order valence-corrected chi connectivity index (χ2v) is 8.47. The molecule has 7 nitrogen and oxygen atoms in total. The highest BCUT2D eigenvalue weighted by Gasteiger charge is 2.17. The van der Waals surface area contributed by atoms with E-state index in [0.717, 1.165) is 22.4 Å². The van der Waals surface area contributed by atoms with Gasteiger partial charge in [0.2, 0.25) is 0 Å². The molecule has 0 aliphatic rings. The van der Waals surface area contributed by atoms with Gasteiger partial charge in [0.1, 0.15) is 0 Å². The fraction of sp³-hybridized carbons (Fsp3) is 0.154. The highest BCUT2D eigenvalue weighted by Crippen LogP contribution is 2.22. The first-order valence-electron chi connectivity index (χ1n) is 10.7. The number of fused-ring (bicyclic) bond motifs is 1. The molecule has 0 atom stereocenters. The number of nitrogens with one attached hydrogen (secondary N) is 3. The first-order valence-corrected chi connectivity index (χ1v) is 11.1. The van der Waals surface area contributed by atoms with E-state index in [1.165, 1.54) is 11.6 Å². The number of carbonyl (C=O) groups is 2. The van der Waals surface area contributed by atoms with Crippen molar-refractivity contribution in [1.82, 2.24) is 14.9 Å². The Hall–Kier alpha value is -4.04. The van der Waals surface area contributed by atoms with Gasteiger partial charge in [0.15, 0.2) is 4.77 Å². The van der Waals surface area contributed by atoms with Crippen molar-refractivity contribution in [2.45, 2.75) is 20.8 Å². The number of hydrogen-bond acceptors (Lipinski definition) is 4. The fourth-order valence-corrected chi connectivity index (χ4v) is 4.24. The van der Waals surface area contributed by atoms with Gasteiger partial charge in [-0.3, -0.25) is 19.0 Å². The molecule has 0 spiro atoms. The Labute approximate surface area is 201 Å². The summed E-state index contributed by atoms with van der Waals surface area (Å²) in [6.07, 6.45) is 0. The molecule has 1 heterocycles. The second kappa shape index (κ2) is 9.07. The lowest BCUT2D eigenvalue weighted by Crippen LogP contribution is -2.23. The topological polar surface area (TPSA) is 96.0 Å². The summed E-state index contributed by atoms with van der Waals surface area (Å²) < 4.78 is 1.71. The van der Waals surface area contributed by atoms with Crippen molar-refractivity contribution in [3.05, 3.63) is 97.5 Å². The summed E-state index contributed by atoms with van der Waals surface area (Å²) in [5.41, 5.74) is 4.80. The van der Waals surface area contributed by atoms with E-state index in [1.807, 2.05) is 32.0 Å². The minimum atomic E-state index is -0.407. The minimum Gasteiger partial charge on any atom is -0.355 e. The van der Waals surface area contributed by atoms with Gasteiger partial charge in [-0.15, -0.1) is 0 Å². The van der Waals surface area contributed by atoms with Crippen LogP contribution in [0.1, 0.15) is 37.4 Å². The highest BCUT2D eigenvalue weighted by atomic mass is 32.1. The predicted octanol–water partition coefficient (Wildman–Crippen LogP) is 4.59. The maximum Gasteiger partial charge on any atom is 0.266 e. The molecule has 0 radical (unpaired) electrons. The number of hydrogen-bond donors (Lipinski definition) is 3. The van der Waals surface area contributed by atoms with Crippen molar-refractivity contribution in [1.29, 1.82) is 0 Å². The Bertz CT molecular complexity index is 1580. The van der Waals surface area contributed by atoms with Crippen LogP contribution in [0.25, 0.3) is 16.6 Å². The van der Waals surface area contributed by atoms with Gasteiger partial charge in [-0.05, 0) is 80.0 Å². The molecule has 34 heavy (non-hydrogen) atoms. The third kappa shape index (κ3) is 4.04. The number of anilines is 1. The van der Waals surface area contributed by atoms with E-state index in [9.17, 15) is 14.4 Å². The molecular formula is C26H24N4O3S. The SMILES string of the molecule is CNC(=O)c1c(C)cccc1NC(=O)c1ccc2c(=O)n(-c3cccc(C)c3C)c(=S)[nH]c2c1. The van der Waals surface area contributed by atoms with Crippen molar-refractivity contribution in [2.75, 3.05) is 12.4 Å². The van der Waals surface area contributed by atoms with Crippen LogP contribution in [0.15, 0.2) is 59.4 Å². The monoisotopic (exact) mass is 472 g/mol. The lowest BCUT2D eigenvalue weighted by atomic mass is 10.0. The van der Waals surface area contributed by atoms with Gasteiger partial charge in [0.25, 0.3) is 17.4 Å². The largest absolute Gasteiger partial charge is 0.355 e. The molecule has 0 aliphatic carbocycles. The second-order valence-electron chi connectivity index (χ2n) is 8.08. The lowest BCUT2D eigenvalue weighted by molar-refractivity contribution is 0.0963. The molecule has 1 aromatic heterocycles. The van der Waals surface area contributed by atoms with Crippen LogP contribution in [-0.2, 0) is 0 Å². The summed E-state index contributed by atoms with van der Waals surface area (Å²) in [6, 6.07) is 15.7. The molecule has 172 valence electrons. The zero-order chi connectivity index (χ0) is 24.6. The van der Waals surface area contributed by atoms with Crippen molar-refractivity contribution >= 4 is 40.6 Å². The quantitative estimate of drug-likeness (QED) is 0.379. The summed E-state index contributed by atoms with van der Waals surface area (Å²) in [5.74, 6) is -0.696. The van der Waals surface area contributed by atoms with E-state index in [1.54, 1.807) is 43.3 Å². The Morgan fingerprint density at radius 3 is 2.38 bits per heavy atom. The Morgan fingerprint density at radius 2 is 1.65 bits per heavy atom. The van der Waals surface area contributed by atoms with E-state index in [4.69, 9.17) is 12.2 Å². The fourth-order valence-electron chi connectivity index (χ4n) is 3.95. The van der Waals surface area contributed by atoms with Crippen LogP contribution in [0, 0.1) is 25.5 Å². The Balaban J connectivity index is 1.76. The molecule has 4 aromatic rings. The van der Waals surface area contributed by atoms with Crippen LogP contribution < -0.4 is 16.2 Å². The van der Waals surface area contributed by atoms with Crippen molar-refractivity contribution < 1.29 is 9.59 Å². The van der Waals surface area contributed by atoms with Gasteiger partial charge in [0.05, 0.1) is 27.8 Å². The molecule has 2 amide bonds. The summed E-state index contributed by atoms with van der Waals surface area (Å²) in [6.45, 7) is 5.73. The first kappa shape index (κ1) is 23.1. The number of H-pyrrole nitrogens is 1. The minimum absolute atomic E-state index is 0.240. The molecule has 0 saturated carbocycles. The average molecular weight is 473 g/mol. The number of nitrogens with zero attached hydrogens (tertiary/aromatic N) is 1. The van der Waals surface area contributed by atoms with Crippen LogP contribution in [0.2, 0.25) is 0 Å². The number of aromatic nitrogens is 2. The van der Waals surface area contributed by atoms with Gasteiger partial charge < -0.3 is 15.6 Å². The number of carbonyl (C=O) groups excluding carboxylic acids is 2. The molecule has 8 heteroatoms. The molecule has 0 unspecified atom stereocenters. The average Bonchev–Trinajstić information content (AvgIpc) is 2.81. The molecule has 0 bridgehead atoms. The van der Waals surface area contributed by atoms with E-state index >= 15 is 0 Å². The lowest BCUT2D eigenvalue weighted by Gasteiger charge is -2.14. The molecule has 0 saturated heterocycles. The van der Waals surface area contributed by atoms with Crippen LogP contribution in [0.5, 0.6) is 0 Å². The van der Waals surface area contributed by atoms with Crippen LogP contribution in [0.4, 0.5) is 5.69 Å². The number of benzene rings is 3. The summed E-state index contributed by atoms with van der Waals surface area (Å²) in [7, 11) is 1.54. The standard InChI is InChI=1S/C26H24N4O3S/c1-14-7-6-10-21(16(14)3)30-25(33)18-12-11-17(13-20(18)29-26(30)34)23(31)28-19-9-5-8-15(2)22(19)24(32)27-4/h5-13H,1-4H3,(H,27,32)(H,28,31)(H,29,34). The predicted molar refractivity (Wildman–Crippen MR) is 137 cm³/mol. The molecule has 3 N–H and O–H groups in total. The highest BCUT2D eigenvalue weighted by molar-refractivity contribution is 7.71. The zero-order valence-corrected chi connectivity index (χ0v) is 20.1. The summed E-state index contributed by atoms with van der Waals surface area (Å²) in [5, 5.41) is 5.81. The van der Waals surface area contributed by atoms with Gasteiger partial charge in [0, 0.05) is 12.6 Å².